The molecular formula is C13H16BrN3O2S2. The second kappa shape index (κ2) is 5.85. The molecule has 5 nitrogen and oxygen atoms in total. The zero-order valence-corrected chi connectivity index (χ0v) is 14.5. The van der Waals surface area contributed by atoms with Gasteiger partial charge in [-0.05, 0) is 47.0 Å². The summed E-state index contributed by atoms with van der Waals surface area (Å²) in [6.45, 7) is 0.648. The summed E-state index contributed by atoms with van der Waals surface area (Å²) in [6.07, 6.45) is 3.89. The number of aromatic nitrogens is 1. The third-order valence-electron chi connectivity index (χ3n) is 3.43. The number of halogens is 1. The van der Waals surface area contributed by atoms with Crippen LogP contribution in [0.2, 0.25) is 0 Å². The van der Waals surface area contributed by atoms with E-state index in [0.717, 1.165) is 27.2 Å². The quantitative estimate of drug-likeness (QED) is 0.796. The number of hydrogen-bond donors (Lipinski definition) is 2. The molecule has 0 radical (unpaired) electrons. The molecule has 3 rings (SSSR count). The maximum absolute atomic E-state index is 12.4. The predicted molar refractivity (Wildman–Crippen MR) is 86.6 cm³/mol. The Morgan fingerprint density at radius 3 is 2.76 bits per heavy atom. The molecule has 3 N–H and O–H groups in total. The number of sulfonamides is 1. The van der Waals surface area contributed by atoms with Gasteiger partial charge in [0.2, 0.25) is 10.0 Å². The van der Waals surface area contributed by atoms with E-state index in [-0.39, 0.29) is 0 Å². The minimum atomic E-state index is -3.50. The molecule has 114 valence electrons. The normalized spacial score (nSPS) is 15.5. The first-order valence-electron chi connectivity index (χ1n) is 6.64. The average Bonchev–Trinajstić information content (AvgIpc) is 3.05. The number of hydrogen-bond acceptors (Lipinski definition) is 4. The van der Waals surface area contributed by atoms with E-state index in [1.807, 2.05) is 16.7 Å². The molecule has 0 aliphatic heterocycles. The van der Waals surface area contributed by atoms with E-state index >= 15 is 0 Å². The van der Waals surface area contributed by atoms with Crippen LogP contribution in [0.15, 0.2) is 33.1 Å². The second-order valence-electron chi connectivity index (χ2n) is 5.04. The first kappa shape index (κ1) is 15.2. The van der Waals surface area contributed by atoms with Gasteiger partial charge in [0.15, 0.2) is 0 Å². The van der Waals surface area contributed by atoms with E-state index in [1.54, 1.807) is 12.3 Å². The molecule has 0 aromatic carbocycles. The fourth-order valence-corrected chi connectivity index (χ4v) is 4.77. The SMILES string of the molecule is NCc1cc(S(=O)(=O)NCc2ccc(Br)s2)cn1C1CC1. The van der Waals surface area contributed by atoms with Crippen molar-refractivity contribution in [1.82, 2.24) is 9.29 Å². The average molecular weight is 390 g/mol. The number of thiophene rings is 1. The lowest BCUT2D eigenvalue weighted by Crippen LogP contribution is -2.22. The Balaban J connectivity index is 1.77. The molecule has 0 bridgehead atoms. The minimum Gasteiger partial charge on any atom is -0.346 e. The molecule has 0 saturated heterocycles. The van der Waals surface area contributed by atoms with Gasteiger partial charge >= 0.3 is 0 Å². The van der Waals surface area contributed by atoms with E-state index in [2.05, 4.69) is 20.7 Å². The maximum Gasteiger partial charge on any atom is 0.242 e. The van der Waals surface area contributed by atoms with E-state index in [1.165, 1.54) is 11.3 Å². The van der Waals surface area contributed by atoms with Crippen molar-refractivity contribution < 1.29 is 8.42 Å². The minimum absolute atomic E-state index is 0.297. The van der Waals surface area contributed by atoms with Crippen LogP contribution in [0.3, 0.4) is 0 Å². The first-order chi connectivity index (χ1) is 9.99. The monoisotopic (exact) mass is 389 g/mol. The van der Waals surface area contributed by atoms with Crippen molar-refractivity contribution in [2.75, 3.05) is 0 Å². The lowest BCUT2D eigenvalue weighted by Gasteiger charge is -2.04. The highest BCUT2D eigenvalue weighted by molar-refractivity contribution is 9.11. The van der Waals surface area contributed by atoms with Crippen molar-refractivity contribution in [3.63, 3.8) is 0 Å². The summed E-state index contributed by atoms with van der Waals surface area (Å²) in [6, 6.07) is 5.90. The van der Waals surface area contributed by atoms with E-state index in [0.29, 0.717) is 24.0 Å². The molecule has 0 atom stereocenters. The lowest BCUT2D eigenvalue weighted by molar-refractivity contribution is 0.581. The number of nitrogens with two attached hydrogens (primary N) is 1. The summed E-state index contributed by atoms with van der Waals surface area (Å²) in [5.74, 6) is 0. The van der Waals surface area contributed by atoms with Gasteiger partial charge in [0, 0.05) is 35.9 Å². The smallest absolute Gasteiger partial charge is 0.242 e. The van der Waals surface area contributed by atoms with Gasteiger partial charge < -0.3 is 10.3 Å². The highest BCUT2D eigenvalue weighted by Gasteiger charge is 2.27. The topological polar surface area (TPSA) is 77.1 Å². The second-order valence-corrected chi connectivity index (χ2v) is 9.35. The first-order valence-corrected chi connectivity index (χ1v) is 9.73. The highest BCUT2D eigenvalue weighted by atomic mass is 79.9. The van der Waals surface area contributed by atoms with Crippen LogP contribution in [-0.4, -0.2) is 13.0 Å². The van der Waals surface area contributed by atoms with Crippen molar-refractivity contribution in [3.8, 4) is 0 Å². The van der Waals surface area contributed by atoms with Crippen LogP contribution in [0.4, 0.5) is 0 Å². The Labute approximate surface area is 136 Å². The molecule has 0 spiro atoms. The van der Waals surface area contributed by atoms with Gasteiger partial charge in [0.05, 0.1) is 8.68 Å². The number of nitrogens with one attached hydrogen (secondary N) is 1. The molecule has 1 aliphatic rings. The van der Waals surface area contributed by atoms with Gasteiger partial charge in [-0.15, -0.1) is 11.3 Å². The van der Waals surface area contributed by atoms with Crippen LogP contribution in [0.5, 0.6) is 0 Å². The summed E-state index contributed by atoms with van der Waals surface area (Å²) in [5.41, 5.74) is 6.57. The van der Waals surface area contributed by atoms with Gasteiger partial charge in [-0.1, -0.05) is 0 Å². The van der Waals surface area contributed by atoms with Crippen LogP contribution in [-0.2, 0) is 23.1 Å². The van der Waals surface area contributed by atoms with E-state index in [4.69, 9.17) is 5.73 Å². The standard InChI is InChI=1S/C13H16BrN3O2S2/c14-13-4-3-11(20-13)7-16-21(18,19)12-5-10(6-15)17(8-12)9-1-2-9/h3-5,8-9,16H,1-2,6-7,15H2. The summed E-state index contributed by atoms with van der Waals surface area (Å²) < 4.78 is 30.3. The van der Waals surface area contributed by atoms with Gasteiger partial charge in [0.1, 0.15) is 0 Å². The number of rotatable bonds is 6. The van der Waals surface area contributed by atoms with Crippen molar-refractivity contribution in [2.45, 2.75) is 36.9 Å². The Kier molecular flexibility index (Phi) is 4.24. The van der Waals surface area contributed by atoms with Crippen LogP contribution < -0.4 is 10.5 Å². The van der Waals surface area contributed by atoms with E-state index < -0.39 is 10.0 Å². The largest absolute Gasteiger partial charge is 0.346 e. The fraction of sp³-hybridized carbons (Fsp3) is 0.385. The maximum atomic E-state index is 12.4. The van der Waals surface area contributed by atoms with Crippen LogP contribution in [0.25, 0.3) is 0 Å². The molecule has 2 aromatic heterocycles. The Morgan fingerprint density at radius 1 is 1.43 bits per heavy atom. The Hall–Kier alpha value is -0.670. The van der Waals surface area contributed by atoms with Crippen LogP contribution in [0.1, 0.15) is 29.5 Å². The van der Waals surface area contributed by atoms with Gasteiger partial charge in [-0.25, -0.2) is 13.1 Å². The fourth-order valence-electron chi connectivity index (χ4n) is 2.20. The zero-order valence-electron chi connectivity index (χ0n) is 11.3. The third kappa shape index (κ3) is 3.40. The molecule has 2 aromatic rings. The van der Waals surface area contributed by atoms with Crippen LogP contribution >= 0.6 is 27.3 Å². The third-order valence-corrected chi connectivity index (χ3v) is 6.42. The molecule has 2 heterocycles. The number of nitrogens with zero attached hydrogens (tertiary/aromatic N) is 1. The van der Waals surface area contributed by atoms with Crippen molar-refractivity contribution >= 4 is 37.3 Å². The van der Waals surface area contributed by atoms with Crippen molar-refractivity contribution in [3.05, 3.63) is 38.8 Å². The summed E-state index contributed by atoms with van der Waals surface area (Å²) in [4.78, 5) is 1.26. The van der Waals surface area contributed by atoms with Crippen molar-refractivity contribution in [2.24, 2.45) is 5.73 Å². The highest BCUT2D eigenvalue weighted by Crippen LogP contribution is 2.37. The lowest BCUT2D eigenvalue weighted by atomic mass is 10.4. The van der Waals surface area contributed by atoms with E-state index in [9.17, 15) is 8.42 Å². The summed E-state index contributed by atoms with van der Waals surface area (Å²) >= 11 is 4.88. The summed E-state index contributed by atoms with van der Waals surface area (Å²) in [7, 11) is -3.50. The molecule has 0 amide bonds. The van der Waals surface area contributed by atoms with Gasteiger partial charge in [-0.3, -0.25) is 0 Å². The molecule has 0 unspecified atom stereocenters. The molecule has 1 saturated carbocycles. The molecular weight excluding hydrogens is 374 g/mol. The Bertz CT molecular complexity index is 747. The molecule has 1 fully saturated rings. The predicted octanol–water partition coefficient (Wildman–Crippen LogP) is 2.58. The van der Waals surface area contributed by atoms with Gasteiger partial charge in [0.25, 0.3) is 0 Å². The van der Waals surface area contributed by atoms with Crippen LogP contribution in [0, 0.1) is 0 Å². The van der Waals surface area contributed by atoms with Crippen molar-refractivity contribution in [1.29, 1.82) is 0 Å². The summed E-state index contributed by atoms with van der Waals surface area (Å²) in [5, 5.41) is 0. The zero-order chi connectivity index (χ0) is 15.0. The Morgan fingerprint density at radius 2 is 2.19 bits per heavy atom. The molecule has 8 heteroatoms. The molecule has 21 heavy (non-hydrogen) atoms. The van der Waals surface area contributed by atoms with Gasteiger partial charge in [-0.2, -0.15) is 0 Å². The molecule has 1 aliphatic carbocycles.